The standard InChI is InChI=1S/C24H26N2O5/c27-22(16-29-19-7-4-6-18(15-19)26-13-5-8-23(26)28)25-17-9-10-20-21(14-17)31-24(30-20)11-2-1-3-12-24/h4,6-7,9-10,14-15H,1-3,5,8,11-13,16H2,(H,25,27). The van der Waals surface area contributed by atoms with E-state index in [1.54, 1.807) is 23.1 Å². The van der Waals surface area contributed by atoms with Gasteiger partial charge >= 0.3 is 0 Å². The molecule has 162 valence electrons. The molecule has 1 N–H and O–H groups in total. The minimum absolute atomic E-state index is 0.118. The predicted octanol–water partition coefficient (Wildman–Crippen LogP) is 4.26. The SMILES string of the molecule is O=C(COc1cccc(N2CCCC2=O)c1)Nc1ccc2c(c1)OC1(CCCCC1)O2. The summed E-state index contributed by atoms with van der Waals surface area (Å²) in [7, 11) is 0. The normalized spacial score (nSPS) is 19.0. The fraction of sp³-hybridized carbons (Fsp3) is 0.417. The summed E-state index contributed by atoms with van der Waals surface area (Å²) in [6, 6.07) is 12.7. The Bertz CT molecular complexity index is 999. The molecule has 2 heterocycles. The van der Waals surface area contributed by atoms with Crippen LogP contribution in [0.4, 0.5) is 11.4 Å². The van der Waals surface area contributed by atoms with Crippen LogP contribution in [0, 0.1) is 0 Å². The number of hydrogen-bond donors (Lipinski definition) is 1. The number of benzene rings is 2. The molecular weight excluding hydrogens is 396 g/mol. The molecule has 2 amide bonds. The van der Waals surface area contributed by atoms with Crippen molar-refractivity contribution in [2.24, 2.45) is 0 Å². The van der Waals surface area contributed by atoms with Gasteiger partial charge < -0.3 is 24.4 Å². The molecule has 0 atom stereocenters. The molecule has 2 aromatic carbocycles. The van der Waals surface area contributed by atoms with Crippen molar-refractivity contribution in [2.45, 2.75) is 50.7 Å². The van der Waals surface area contributed by atoms with E-state index in [1.165, 1.54) is 6.42 Å². The van der Waals surface area contributed by atoms with Crippen molar-refractivity contribution >= 4 is 23.2 Å². The van der Waals surface area contributed by atoms with E-state index in [1.807, 2.05) is 24.3 Å². The summed E-state index contributed by atoms with van der Waals surface area (Å²) in [4.78, 5) is 26.1. The fourth-order valence-electron chi connectivity index (χ4n) is 4.47. The van der Waals surface area contributed by atoms with Crippen LogP contribution >= 0.6 is 0 Å². The summed E-state index contributed by atoms with van der Waals surface area (Å²) in [5.74, 6) is 1.26. The van der Waals surface area contributed by atoms with Crippen molar-refractivity contribution in [2.75, 3.05) is 23.4 Å². The Kier molecular flexibility index (Phi) is 5.18. The maximum Gasteiger partial charge on any atom is 0.262 e. The van der Waals surface area contributed by atoms with Gasteiger partial charge in [-0.15, -0.1) is 0 Å². The van der Waals surface area contributed by atoms with Gasteiger partial charge in [-0.05, 0) is 43.5 Å². The number of ether oxygens (including phenoxy) is 3. The third-order valence-corrected chi connectivity index (χ3v) is 6.01. The molecule has 2 fully saturated rings. The quantitative estimate of drug-likeness (QED) is 0.779. The Balaban J connectivity index is 1.18. The minimum Gasteiger partial charge on any atom is -0.484 e. The van der Waals surface area contributed by atoms with Crippen LogP contribution in [0.1, 0.15) is 44.9 Å². The smallest absolute Gasteiger partial charge is 0.262 e. The van der Waals surface area contributed by atoms with Gasteiger partial charge in [0.05, 0.1) is 0 Å². The number of nitrogens with zero attached hydrogens (tertiary/aromatic N) is 1. The first-order valence-corrected chi connectivity index (χ1v) is 11.0. The number of hydrogen-bond acceptors (Lipinski definition) is 5. The van der Waals surface area contributed by atoms with Gasteiger partial charge in [0.15, 0.2) is 18.1 Å². The summed E-state index contributed by atoms with van der Waals surface area (Å²) < 4.78 is 17.8. The van der Waals surface area contributed by atoms with Gasteiger partial charge in [-0.1, -0.05) is 12.5 Å². The van der Waals surface area contributed by atoms with E-state index in [2.05, 4.69) is 5.32 Å². The Morgan fingerprint density at radius 2 is 1.87 bits per heavy atom. The zero-order valence-corrected chi connectivity index (χ0v) is 17.4. The van der Waals surface area contributed by atoms with Gasteiger partial charge in [0.2, 0.25) is 5.91 Å². The summed E-state index contributed by atoms with van der Waals surface area (Å²) in [5, 5.41) is 2.85. The lowest BCUT2D eigenvalue weighted by molar-refractivity contribution is -0.118. The molecular formula is C24H26N2O5. The number of carbonyl (C=O) groups is 2. The van der Waals surface area contributed by atoms with Gasteiger partial charge in [0, 0.05) is 49.3 Å². The molecule has 31 heavy (non-hydrogen) atoms. The lowest BCUT2D eigenvalue weighted by Gasteiger charge is -2.31. The number of fused-ring (bicyclic) bond motifs is 1. The summed E-state index contributed by atoms with van der Waals surface area (Å²) in [6.45, 7) is 0.587. The molecule has 1 saturated heterocycles. The monoisotopic (exact) mass is 422 g/mol. The van der Waals surface area contributed by atoms with Crippen LogP contribution in [0.25, 0.3) is 0 Å². The number of carbonyl (C=O) groups excluding carboxylic acids is 2. The Labute approximate surface area is 181 Å². The van der Waals surface area contributed by atoms with E-state index in [0.29, 0.717) is 30.2 Å². The van der Waals surface area contributed by atoms with Crippen molar-refractivity contribution in [3.8, 4) is 17.2 Å². The van der Waals surface area contributed by atoms with Gasteiger partial charge in [0.1, 0.15) is 5.75 Å². The molecule has 1 saturated carbocycles. The van der Waals surface area contributed by atoms with Crippen LogP contribution in [0.15, 0.2) is 42.5 Å². The summed E-state index contributed by atoms with van der Waals surface area (Å²) in [6.07, 6.45) is 6.62. The van der Waals surface area contributed by atoms with Crippen molar-refractivity contribution in [1.82, 2.24) is 0 Å². The van der Waals surface area contributed by atoms with Gasteiger partial charge in [0.25, 0.3) is 11.7 Å². The second-order valence-electron chi connectivity index (χ2n) is 8.32. The van der Waals surface area contributed by atoms with Crippen LogP contribution in [-0.4, -0.2) is 30.8 Å². The van der Waals surface area contributed by atoms with Crippen molar-refractivity contribution in [3.05, 3.63) is 42.5 Å². The maximum atomic E-state index is 12.4. The average Bonchev–Trinajstić information content (AvgIpc) is 3.35. The third kappa shape index (κ3) is 4.17. The molecule has 0 aromatic heterocycles. The molecule has 1 aliphatic carbocycles. The maximum absolute atomic E-state index is 12.4. The van der Waals surface area contributed by atoms with E-state index in [0.717, 1.165) is 43.5 Å². The summed E-state index contributed by atoms with van der Waals surface area (Å²) in [5.41, 5.74) is 1.44. The highest BCUT2D eigenvalue weighted by Gasteiger charge is 2.42. The Morgan fingerprint density at radius 1 is 1.03 bits per heavy atom. The number of anilines is 2. The highest BCUT2D eigenvalue weighted by Crippen LogP contribution is 2.46. The van der Waals surface area contributed by atoms with Gasteiger partial charge in [-0.3, -0.25) is 9.59 Å². The molecule has 0 unspecified atom stereocenters. The molecule has 5 rings (SSSR count). The number of nitrogens with one attached hydrogen (secondary N) is 1. The van der Waals surface area contributed by atoms with Crippen LogP contribution in [0.5, 0.6) is 17.2 Å². The minimum atomic E-state index is -0.534. The number of rotatable bonds is 5. The summed E-state index contributed by atoms with van der Waals surface area (Å²) >= 11 is 0. The van der Waals surface area contributed by atoms with E-state index in [9.17, 15) is 9.59 Å². The first kappa shape index (κ1) is 19.7. The lowest BCUT2D eigenvalue weighted by Crippen LogP contribution is -2.40. The highest BCUT2D eigenvalue weighted by molar-refractivity contribution is 5.95. The van der Waals surface area contributed by atoms with E-state index in [4.69, 9.17) is 14.2 Å². The molecule has 3 aliphatic rings. The fourth-order valence-corrected chi connectivity index (χ4v) is 4.47. The van der Waals surface area contributed by atoms with E-state index >= 15 is 0 Å². The zero-order chi connectivity index (χ0) is 21.3. The van der Waals surface area contributed by atoms with Crippen molar-refractivity contribution in [3.63, 3.8) is 0 Å². The Morgan fingerprint density at radius 3 is 2.68 bits per heavy atom. The van der Waals surface area contributed by atoms with Gasteiger partial charge in [-0.2, -0.15) is 0 Å². The molecule has 7 heteroatoms. The first-order valence-electron chi connectivity index (χ1n) is 11.0. The van der Waals surface area contributed by atoms with Gasteiger partial charge in [-0.25, -0.2) is 0 Å². The molecule has 0 bridgehead atoms. The van der Waals surface area contributed by atoms with Crippen LogP contribution in [-0.2, 0) is 9.59 Å². The van der Waals surface area contributed by atoms with Crippen molar-refractivity contribution < 1.29 is 23.8 Å². The largest absolute Gasteiger partial charge is 0.484 e. The first-order chi connectivity index (χ1) is 15.1. The molecule has 1 spiro atoms. The third-order valence-electron chi connectivity index (χ3n) is 6.01. The molecule has 2 aromatic rings. The topological polar surface area (TPSA) is 77.1 Å². The highest BCUT2D eigenvalue weighted by atomic mass is 16.7. The van der Waals surface area contributed by atoms with E-state index in [-0.39, 0.29) is 18.4 Å². The predicted molar refractivity (Wildman–Crippen MR) is 116 cm³/mol. The second-order valence-corrected chi connectivity index (χ2v) is 8.32. The zero-order valence-electron chi connectivity index (χ0n) is 17.4. The molecule has 7 nitrogen and oxygen atoms in total. The van der Waals surface area contributed by atoms with Crippen LogP contribution in [0.3, 0.4) is 0 Å². The van der Waals surface area contributed by atoms with Crippen LogP contribution < -0.4 is 24.4 Å². The average molecular weight is 422 g/mol. The van der Waals surface area contributed by atoms with Crippen molar-refractivity contribution in [1.29, 1.82) is 0 Å². The lowest BCUT2D eigenvalue weighted by atomic mass is 9.94. The van der Waals surface area contributed by atoms with E-state index < -0.39 is 5.79 Å². The second kappa shape index (κ2) is 8.13. The molecule has 2 aliphatic heterocycles. The Hall–Kier alpha value is -3.22. The molecule has 0 radical (unpaired) electrons. The number of amides is 2. The van der Waals surface area contributed by atoms with Crippen LogP contribution in [0.2, 0.25) is 0 Å².